The first-order chi connectivity index (χ1) is 9.02. The molecule has 0 bridgehead atoms. The van der Waals surface area contributed by atoms with Gasteiger partial charge in [0.1, 0.15) is 5.75 Å². The summed E-state index contributed by atoms with van der Waals surface area (Å²) >= 11 is 10.5. The van der Waals surface area contributed by atoms with Crippen molar-refractivity contribution in [3.63, 3.8) is 0 Å². The highest BCUT2D eigenvalue weighted by molar-refractivity contribution is 9.11. The highest BCUT2D eigenvalue weighted by Crippen LogP contribution is 2.33. The third-order valence-corrected chi connectivity index (χ3v) is 4.66. The molecule has 2 nitrogen and oxygen atoms in total. The molecular formula is C14H12Br3NO. The smallest absolute Gasteiger partial charge is 0.133 e. The lowest BCUT2D eigenvalue weighted by molar-refractivity contribution is 0.412. The SMILES string of the molecule is COc1ccc(C(N)c2cc(Br)ccc2Br)cc1Br. The summed E-state index contributed by atoms with van der Waals surface area (Å²) in [5, 5.41) is 0. The molecule has 0 aromatic heterocycles. The van der Waals surface area contributed by atoms with E-state index in [1.165, 1.54) is 0 Å². The van der Waals surface area contributed by atoms with Gasteiger partial charge in [-0.1, -0.05) is 37.9 Å². The molecule has 0 saturated heterocycles. The summed E-state index contributed by atoms with van der Waals surface area (Å²) in [6, 6.07) is 11.6. The molecule has 0 amide bonds. The van der Waals surface area contributed by atoms with Crippen LogP contribution in [-0.4, -0.2) is 7.11 Å². The average Bonchev–Trinajstić information content (AvgIpc) is 2.40. The quantitative estimate of drug-likeness (QED) is 0.713. The minimum Gasteiger partial charge on any atom is -0.496 e. The maximum atomic E-state index is 6.33. The maximum absolute atomic E-state index is 6.33. The predicted molar refractivity (Wildman–Crippen MR) is 88.6 cm³/mol. The fourth-order valence-electron chi connectivity index (χ4n) is 1.81. The fourth-order valence-corrected chi connectivity index (χ4v) is 3.24. The first-order valence-electron chi connectivity index (χ1n) is 5.57. The minimum atomic E-state index is -0.200. The van der Waals surface area contributed by atoms with Crippen molar-refractivity contribution in [2.45, 2.75) is 6.04 Å². The topological polar surface area (TPSA) is 35.2 Å². The number of rotatable bonds is 3. The summed E-state index contributed by atoms with van der Waals surface area (Å²) < 4.78 is 8.12. The third-order valence-electron chi connectivity index (χ3n) is 2.83. The summed E-state index contributed by atoms with van der Waals surface area (Å²) in [4.78, 5) is 0. The zero-order chi connectivity index (χ0) is 14.0. The van der Waals surface area contributed by atoms with Crippen LogP contribution in [-0.2, 0) is 0 Å². The van der Waals surface area contributed by atoms with Crippen LogP contribution in [0.3, 0.4) is 0 Å². The van der Waals surface area contributed by atoms with Crippen molar-refractivity contribution in [1.82, 2.24) is 0 Å². The van der Waals surface area contributed by atoms with Gasteiger partial charge in [0, 0.05) is 8.95 Å². The largest absolute Gasteiger partial charge is 0.496 e. The lowest BCUT2D eigenvalue weighted by Gasteiger charge is -2.16. The van der Waals surface area contributed by atoms with Crippen LogP contribution in [0, 0.1) is 0 Å². The highest BCUT2D eigenvalue weighted by Gasteiger charge is 2.14. The van der Waals surface area contributed by atoms with E-state index in [-0.39, 0.29) is 6.04 Å². The number of hydrogen-bond acceptors (Lipinski definition) is 2. The number of hydrogen-bond donors (Lipinski definition) is 1. The van der Waals surface area contributed by atoms with Gasteiger partial charge >= 0.3 is 0 Å². The van der Waals surface area contributed by atoms with Gasteiger partial charge in [-0.25, -0.2) is 0 Å². The zero-order valence-corrected chi connectivity index (χ0v) is 14.9. The standard InChI is InChI=1S/C14H12Br3NO/c1-19-13-5-2-8(6-12(13)17)14(18)10-7-9(15)3-4-11(10)16/h2-7,14H,18H2,1H3. The first kappa shape index (κ1) is 15.0. The number of ether oxygens (including phenoxy) is 1. The van der Waals surface area contributed by atoms with Crippen LogP contribution < -0.4 is 10.5 Å². The predicted octanol–water partition coefficient (Wildman–Crippen LogP) is 5.03. The second-order valence-electron chi connectivity index (χ2n) is 4.04. The molecule has 0 radical (unpaired) electrons. The van der Waals surface area contributed by atoms with Gasteiger partial charge in [-0.15, -0.1) is 0 Å². The second-order valence-corrected chi connectivity index (χ2v) is 6.66. The van der Waals surface area contributed by atoms with Crippen molar-refractivity contribution in [2.24, 2.45) is 5.73 Å². The minimum absolute atomic E-state index is 0.200. The van der Waals surface area contributed by atoms with Gasteiger partial charge in [0.25, 0.3) is 0 Å². The van der Waals surface area contributed by atoms with E-state index in [4.69, 9.17) is 10.5 Å². The summed E-state index contributed by atoms with van der Waals surface area (Å²) in [5.74, 6) is 0.796. The molecule has 0 fully saturated rings. The third kappa shape index (κ3) is 3.40. The molecule has 1 atom stereocenters. The number of benzene rings is 2. The second kappa shape index (κ2) is 6.39. The van der Waals surface area contributed by atoms with Gasteiger partial charge in [-0.05, 0) is 57.4 Å². The van der Waals surface area contributed by atoms with Crippen LogP contribution in [0.1, 0.15) is 17.2 Å². The van der Waals surface area contributed by atoms with E-state index in [1.54, 1.807) is 7.11 Å². The Hall–Kier alpha value is -0.360. The normalized spacial score (nSPS) is 12.3. The van der Waals surface area contributed by atoms with E-state index in [0.29, 0.717) is 0 Å². The Bertz CT molecular complexity index is 601. The molecule has 0 spiro atoms. The van der Waals surface area contributed by atoms with E-state index in [1.807, 2.05) is 36.4 Å². The van der Waals surface area contributed by atoms with Gasteiger partial charge in [0.2, 0.25) is 0 Å². The van der Waals surface area contributed by atoms with Crippen LogP contribution in [0.25, 0.3) is 0 Å². The molecule has 0 heterocycles. The molecule has 100 valence electrons. The van der Waals surface area contributed by atoms with Crippen LogP contribution in [0.2, 0.25) is 0 Å². The van der Waals surface area contributed by atoms with E-state index in [0.717, 1.165) is 30.3 Å². The van der Waals surface area contributed by atoms with Crippen LogP contribution in [0.4, 0.5) is 0 Å². The molecule has 2 aromatic rings. The highest BCUT2D eigenvalue weighted by atomic mass is 79.9. The lowest BCUT2D eigenvalue weighted by atomic mass is 10.00. The van der Waals surface area contributed by atoms with Gasteiger partial charge in [-0.2, -0.15) is 0 Å². The summed E-state index contributed by atoms with van der Waals surface area (Å²) in [6.07, 6.45) is 0. The number of nitrogens with two attached hydrogens (primary N) is 1. The summed E-state index contributed by atoms with van der Waals surface area (Å²) in [5.41, 5.74) is 8.39. The molecule has 0 aliphatic carbocycles. The molecule has 2 rings (SSSR count). The molecular weight excluding hydrogens is 438 g/mol. The monoisotopic (exact) mass is 447 g/mol. The van der Waals surface area contributed by atoms with Gasteiger partial charge in [0.05, 0.1) is 17.6 Å². The molecule has 0 saturated carbocycles. The van der Waals surface area contributed by atoms with E-state index in [2.05, 4.69) is 47.8 Å². The summed E-state index contributed by atoms with van der Waals surface area (Å²) in [6.45, 7) is 0. The van der Waals surface area contributed by atoms with Crippen LogP contribution in [0.15, 0.2) is 49.8 Å². The molecule has 2 aromatic carbocycles. The Morgan fingerprint density at radius 1 is 1.00 bits per heavy atom. The molecule has 0 aliphatic heterocycles. The summed E-state index contributed by atoms with van der Waals surface area (Å²) in [7, 11) is 1.64. The molecule has 2 N–H and O–H groups in total. The van der Waals surface area contributed by atoms with Crippen LogP contribution in [0.5, 0.6) is 5.75 Å². The average molecular weight is 450 g/mol. The lowest BCUT2D eigenvalue weighted by Crippen LogP contribution is -2.12. The van der Waals surface area contributed by atoms with Crippen molar-refractivity contribution in [3.05, 3.63) is 60.9 Å². The Morgan fingerprint density at radius 2 is 1.74 bits per heavy atom. The van der Waals surface area contributed by atoms with E-state index in [9.17, 15) is 0 Å². The van der Waals surface area contributed by atoms with Gasteiger partial charge < -0.3 is 10.5 Å². The maximum Gasteiger partial charge on any atom is 0.133 e. The van der Waals surface area contributed by atoms with Crippen LogP contribution >= 0.6 is 47.8 Å². The van der Waals surface area contributed by atoms with Crippen molar-refractivity contribution >= 4 is 47.8 Å². The fraction of sp³-hybridized carbons (Fsp3) is 0.143. The zero-order valence-electron chi connectivity index (χ0n) is 10.2. The van der Waals surface area contributed by atoms with Crippen molar-refractivity contribution < 1.29 is 4.74 Å². The molecule has 19 heavy (non-hydrogen) atoms. The Labute approximate surface area is 137 Å². The van der Waals surface area contributed by atoms with E-state index < -0.39 is 0 Å². The number of halogens is 3. The Balaban J connectivity index is 2.41. The van der Waals surface area contributed by atoms with Crippen molar-refractivity contribution in [1.29, 1.82) is 0 Å². The van der Waals surface area contributed by atoms with Crippen molar-refractivity contribution in [2.75, 3.05) is 7.11 Å². The Kier molecular flexibility index (Phi) is 5.06. The number of methoxy groups -OCH3 is 1. The van der Waals surface area contributed by atoms with E-state index >= 15 is 0 Å². The first-order valence-corrected chi connectivity index (χ1v) is 7.95. The van der Waals surface area contributed by atoms with Crippen molar-refractivity contribution in [3.8, 4) is 5.75 Å². The van der Waals surface area contributed by atoms with Gasteiger partial charge in [-0.3, -0.25) is 0 Å². The molecule has 1 unspecified atom stereocenters. The Morgan fingerprint density at radius 3 is 2.37 bits per heavy atom. The molecule has 0 aliphatic rings. The van der Waals surface area contributed by atoms with Gasteiger partial charge in [0.15, 0.2) is 0 Å². The molecule has 5 heteroatoms.